The van der Waals surface area contributed by atoms with Gasteiger partial charge in [-0.3, -0.25) is 4.79 Å². The van der Waals surface area contributed by atoms with E-state index in [0.29, 0.717) is 18.1 Å². The quantitative estimate of drug-likeness (QED) is 0.533. The van der Waals surface area contributed by atoms with E-state index in [1.165, 1.54) is 12.1 Å². The smallest absolute Gasteiger partial charge is 0.268 e. The zero-order valence-electron chi connectivity index (χ0n) is 13.2. The number of hydrogen-bond acceptors (Lipinski definition) is 2. The van der Waals surface area contributed by atoms with Gasteiger partial charge in [0, 0.05) is 6.20 Å². The van der Waals surface area contributed by atoms with Gasteiger partial charge < -0.3 is 15.3 Å². The molecule has 0 aliphatic carbocycles. The van der Waals surface area contributed by atoms with Crippen LogP contribution in [0.25, 0.3) is 22.2 Å². The van der Waals surface area contributed by atoms with Crippen molar-refractivity contribution in [3.63, 3.8) is 0 Å². The van der Waals surface area contributed by atoms with Gasteiger partial charge in [-0.2, -0.15) is 0 Å². The van der Waals surface area contributed by atoms with Crippen molar-refractivity contribution >= 4 is 16.9 Å². The Morgan fingerprint density at radius 2 is 1.88 bits per heavy atom. The summed E-state index contributed by atoms with van der Waals surface area (Å²) in [6.45, 7) is 0.304. The standard InChI is InChI=1S/C19H15FN4O/c20-14-7-5-12(6-8-14)13-9-17(21-10-13)19(25)22-11-18-23-15-3-1-2-4-16(15)24-18/h1-10,21H,11H2,(H,22,25)(H,23,24). The van der Waals surface area contributed by atoms with Crippen molar-refractivity contribution in [2.45, 2.75) is 6.54 Å². The number of carbonyl (C=O) groups excluding carboxylic acids is 1. The summed E-state index contributed by atoms with van der Waals surface area (Å²) in [5.41, 5.74) is 3.91. The van der Waals surface area contributed by atoms with Crippen LogP contribution in [0.1, 0.15) is 16.3 Å². The van der Waals surface area contributed by atoms with Gasteiger partial charge in [-0.1, -0.05) is 24.3 Å². The number of hydrogen-bond donors (Lipinski definition) is 3. The summed E-state index contributed by atoms with van der Waals surface area (Å²) in [7, 11) is 0. The van der Waals surface area contributed by atoms with E-state index in [1.54, 1.807) is 24.4 Å². The van der Waals surface area contributed by atoms with Crippen LogP contribution in [-0.4, -0.2) is 20.9 Å². The summed E-state index contributed by atoms with van der Waals surface area (Å²) in [5, 5.41) is 2.83. The first-order valence-corrected chi connectivity index (χ1v) is 7.85. The lowest BCUT2D eigenvalue weighted by Gasteiger charge is -2.00. The average molecular weight is 334 g/mol. The number of fused-ring (bicyclic) bond motifs is 1. The Labute approximate surface area is 142 Å². The maximum atomic E-state index is 13.0. The third-order valence-corrected chi connectivity index (χ3v) is 3.96. The lowest BCUT2D eigenvalue weighted by molar-refractivity contribution is 0.0945. The Morgan fingerprint density at radius 1 is 1.08 bits per heavy atom. The van der Waals surface area contributed by atoms with Crippen LogP contribution in [0.5, 0.6) is 0 Å². The summed E-state index contributed by atoms with van der Waals surface area (Å²) in [5.74, 6) is 0.178. The van der Waals surface area contributed by atoms with E-state index in [4.69, 9.17) is 0 Å². The van der Waals surface area contributed by atoms with Crippen LogP contribution in [0.4, 0.5) is 4.39 Å². The molecular formula is C19H15FN4O. The predicted molar refractivity (Wildman–Crippen MR) is 93.5 cm³/mol. The highest BCUT2D eigenvalue weighted by atomic mass is 19.1. The molecule has 124 valence electrons. The van der Waals surface area contributed by atoms with E-state index in [0.717, 1.165) is 22.2 Å². The second kappa shape index (κ2) is 6.24. The third kappa shape index (κ3) is 3.14. The number of H-pyrrole nitrogens is 2. The molecule has 5 nitrogen and oxygen atoms in total. The molecule has 0 bridgehead atoms. The monoisotopic (exact) mass is 334 g/mol. The van der Waals surface area contributed by atoms with Crippen molar-refractivity contribution in [3.8, 4) is 11.1 Å². The van der Waals surface area contributed by atoms with E-state index in [9.17, 15) is 9.18 Å². The lowest BCUT2D eigenvalue weighted by Crippen LogP contribution is -2.23. The van der Waals surface area contributed by atoms with E-state index in [1.807, 2.05) is 24.3 Å². The van der Waals surface area contributed by atoms with Crippen molar-refractivity contribution in [1.29, 1.82) is 0 Å². The lowest BCUT2D eigenvalue weighted by atomic mass is 10.1. The van der Waals surface area contributed by atoms with Crippen molar-refractivity contribution in [1.82, 2.24) is 20.3 Å². The number of aromatic amines is 2. The van der Waals surface area contributed by atoms with Gasteiger partial charge >= 0.3 is 0 Å². The molecule has 1 amide bonds. The van der Waals surface area contributed by atoms with E-state index in [-0.39, 0.29) is 11.7 Å². The molecule has 25 heavy (non-hydrogen) atoms. The van der Waals surface area contributed by atoms with E-state index < -0.39 is 0 Å². The van der Waals surface area contributed by atoms with Gasteiger partial charge in [0.05, 0.1) is 17.6 Å². The fourth-order valence-electron chi connectivity index (χ4n) is 2.68. The van der Waals surface area contributed by atoms with E-state index in [2.05, 4.69) is 20.3 Å². The molecule has 2 heterocycles. The molecule has 0 aliphatic rings. The maximum Gasteiger partial charge on any atom is 0.268 e. The van der Waals surface area contributed by atoms with Crippen LogP contribution in [-0.2, 0) is 6.54 Å². The van der Waals surface area contributed by atoms with Gasteiger partial charge in [0.2, 0.25) is 0 Å². The summed E-state index contributed by atoms with van der Waals surface area (Å²) in [4.78, 5) is 22.8. The molecule has 0 saturated heterocycles. The molecule has 0 spiro atoms. The Morgan fingerprint density at radius 3 is 2.68 bits per heavy atom. The van der Waals surface area contributed by atoms with Crippen LogP contribution in [0.2, 0.25) is 0 Å². The normalized spacial score (nSPS) is 10.9. The minimum atomic E-state index is -0.289. The maximum absolute atomic E-state index is 13.0. The molecule has 2 aromatic heterocycles. The van der Waals surface area contributed by atoms with Crippen molar-refractivity contribution in [2.24, 2.45) is 0 Å². The van der Waals surface area contributed by atoms with Crippen molar-refractivity contribution in [3.05, 3.63) is 78.1 Å². The number of para-hydroxylation sites is 2. The first-order valence-electron chi connectivity index (χ1n) is 7.85. The molecule has 4 aromatic rings. The van der Waals surface area contributed by atoms with Gasteiger partial charge in [-0.15, -0.1) is 0 Å². The van der Waals surface area contributed by atoms with Gasteiger partial charge in [0.1, 0.15) is 17.3 Å². The van der Waals surface area contributed by atoms with Crippen molar-refractivity contribution < 1.29 is 9.18 Å². The summed E-state index contributed by atoms with van der Waals surface area (Å²) >= 11 is 0. The van der Waals surface area contributed by atoms with Gasteiger partial charge in [0.15, 0.2) is 0 Å². The summed E-state index contributed by atoms with van der Waals surface area (Å²) < 4.78 is 13.0. The van der Waals surface area contributed by atoms with Crippen molar-refractivity contribution in [2.75, 3.05) is 0 Å². The van der Waals surface area contributed by atoms with Gasteiger partial charge in [-0.05, 0) is 41.5 Å². The van der Waals surface area contributed by atoms with Crippen LogP contribution in [0.15, 0.2) is 60.8 Å². The molecule has 4 rings (SSSR count). The molecule has 6 heteroatoms. The third-order valence-electron chi connectivity index (χ3n) is 3.96. The average Bonchev–Trinajstić information content (AvgIpc) is 3.27. The zero-order valence-corrected chi connectivity index (χ0v) is 13.2. The van der Waals surface area contributed by atoms with Gasteiger partial charge in [0.25, 0.3) is 5.91 Å². The largest absolute Gasteiger partial charge is 0.357 e. The van der Waals surface area contributed by atoms with Crippen LogP contribution >= 0.6 is 0 Å². The number of nitrogens with zero attached hydrogens (tertiary/aromatic N) is 1. The minimum absolute atomic E-state index is 0.228. The highest BCUT2D eigenvalue weighted by molar-refractivity contribution is 5.93. The van der Waals surface area contributed by atoms with E-state index >= 15 is 0 Å². The highest BCUT2D eigenvalue weighted by Crippen LogP contribution is 2.20. The Bertz CT molecular complexity index is 1000. The molecule has 0 aliphatic heterocycles. The number of halogens is 1. The Balaban J connectivity index is 1.45. The zero-order chi connectivity index (χ0) is 17.2. The molecule has 0 radical (unpaired) electrons. The second-order valence-electron chi connectivity index (χ2n) is 5.69. The topological polar surface area (TPSA) is 73.6 Å². The van der Waals surface area contributed by atoms with Crippen LogP contribution < -0.4 is 5.32 Å². The molecule has 0 saturated carbocycles. The summed E-state index contributed by atoms with van der Waals surface area (Å²) in [6, 6.07) is 15.6. The second-order valence-corrected chi connectivity index (χ2v) is 5.69. The molecule has 0 atom stereocenters. The minimum Gasteiger partial charge on any atom is -0.357 e. The molecular weight excluding hydrogens is 319 g/mol. The number of benzene rings is 2. The number of amides is 1. The predicted octanol–water partition coefficient (Wildman–Crippen LogP) is 3.63. The summed E-state index contributed by atoms with van der Waals surface area (Å²) in [6.07, 6.45) is 1.73. The first kappa shape index (κ1) is 15.1. The fraction of sp³-hybridized carbons (Fsp3) is 0.0526. The number of aromatic nitrogens is 3. The molecule has 2 aromatic carbocycles. The molecule has 0 fully saturated rings. The number of rotatable bonds is 4. The fourth-order valence-corrected chi connectivity index (χ4v) is 2.68. The highest BCUT2D eigenvalue weighted by Gasteiger charge is 2.10. The van der Waals surface area contributed by atoms with Crippen LogP contribution in [0, 0.1) is 5.82 Å². The van der Waals surface area contributed by atoms with Crippen LogP contribution in [0.3, 0.4) is 0 Å². The number of carbonyl (C=O) groups is 1. The Kier molecular flexibility index (Phi) is 3.78. The Hall–Kier alpha value is -3.41. The molecule has 3 N–H and O–H groups in total. The van der Waals surface area contributed by atoms with Gasteiger partial charge in [-0.25, -0.2) is 9.37 Å². The molecule has 0 unspecified atom stereocenters. The number of imidazole rings is 1. The number of nitrogens with one attached hydrogen (secondary N) is 3. The first-order chi connectivity index (χ1) is 12.2. The SMILES string of the molecule is O=C(NCc1nc2ccccc2[nH]1)c1cc(-c2ccc(F)cc2)c[nH]1.